The van der Waals surface area contributed by atoms with Crippen LogP contribution in [-0.4, -0.2) is 11.8 Å². The highest BCUT2D eigenvalue weighted by molar-refractivity contribution is 6.04. The first-order valence-corrected chi connectivity index (χ1v) is 8.20. The van der Waals surface area contributed by atoms with Gasteiger partial charge in [0.05, 0.1) is 6.04 Å². The SMILES string of the molecule is CC(C)c1ccccc1NC(=O)CC(=O)NC(C)c1ccccc1. The van der Waals surface area contributed by atoms with Crippen LogP contribution >= 0.6 is 0 Å². The molecule has 0 aromatic heterocycles. The lowest BCUT2D eigenvalue weighted by molar-refractivity contribution is -0.127. The van der Waals surface area contributed by atoms with E-state index < -0.39 is 0 Å². The van der Waals surface area contributed by atoms with Crippen LogP contribution in [0.15, 0.2) is 54.6 Å². The van der Waals surface area contributed by atoms with Crippen LogP contribution in [-0.2, 0) is 9.59 Å². The molecule has 0 fully saturated rings. The molecule has 0 heterocycles. The summed E-state index contributed by atoms with van der Waals surface area (Å²) >= 11 is 0. The van der Waals surface area contributed by atoms with Gasteiger partial charge in [-0.1, -0.05) is 62.4 Å². The Kier molecular flexibility index (Phi) is 6.13. The summed E-state index contributed by atoms with van der Waals surface area (Å²) < 4.78 is 0. The van der Waals surface area contributed by atoms with Crippen molar-refractivity contribution in [2.24, 2.45) is 0 Å². The maximum atomic E-state index is 12.1. The van der Waals surface area contributed by atoms with E-state index in [2.05, 4.69) is 24.5 Å². The Morgan fingerprint density at radius 2 is 1.50 bits per heavy atom. The maximum Gasteiger partial charge on any atom is 0.233 e. The van der Waals surface area contributed by atoms with Crippen molar-refractivity contribution in [2.45, 2.75) is 39.2 Å². The standard InChI is InChI=1S/C20H24N2O2/c1-14(2)17-11-7-8-12-18(17)22-20(24)13-19(23)21-15(3)16-9-5-4-6-10-16/h4-12,14-15H,13H2,1-3H3,(H,21,23)(H,22,24). The monoisotopic (exact) mass is 324 g/mol. The molecule has 2 aromatic carbocycles. The quantitative estimate of drug-likeness (QED) is 0.789. The van der Waals surface area contributed by atoms with E-state index in [0.29, 0.717) is 5.92 Å². The third-order valence-electron chi connectivity index (χ3n) is 3.86. The third-order valence-corrected chi connectivity index (χ3v) is 3.86. The van der Waals surface area contributed by atoms with Gasteiger partial charge in [0.2, 0.25) is 11.8 Å². The molecular weight excluding hydrogens is 300 g/mol. The fourth-order valence-electron chi connectivity index (χ4n) is 2.57. The van der Waals surface area contributed by atoms with Gasteiger partial charge in [-0.25, -0.2) is 0 Å². The number of para-hydroxylation sites is 1. The zero-order valence-corrected chi connectivity index (χ0v) is 14.4. The molecule has 0 aliphatic heterocycles. The van der Waals surface area contributed by atoms with Crippen molar-refractivity contribution in [1.82, 2.24) is 5.32 Å². The van der Waals surface area contributed by atoms with Gasteiger partial charge in [0.15, 0.2) is 0 Å². The highest BCUT2D eigenvalue weighted by Crippen LogP contribution is 2.23. The summed E-state index contributed by atoms with van der Waals surface area (Å²) in [6.07, 6.45) is -0.191. The fourth-order valence-corrected chi connectivity index (χ4v) is 2.57. The topological polar surface area (TPSA) is 58.2 Å². The molecule has 1 unspecified atom stereocenters. The van der Waals surface area contributed by atoms with Crippen molar-refractivity contribution in [1.29, 1.82) is 0 Å². The van der Waals surface area contributed by atoms with Gasteiger partial charge in [-0.15, -0.1) is 0 Å². The van der Waals surface area contributed by atoms with Gasteiger partial charge >= 0.3 is 0 Å². The number of rotatable bonds is 6. The predicted molar refractivity (Wildman–Crippen MR) is 96.8 cm³/mol. The number of anilines is 1. The maximum absolute atomic E-state index is 12.1. The van der Waals surface area contributed by atoms with Gasteiger partial charge < -0.3 is 10.6 Å². The predicted octanol–water partition coefficient (Wildman–Crippen LogP) is 4.02. The highest BCUT2D eigenvalue weighted by atomic mass is 16.2. The molecule has 2 N–H and O–H groups in total. The molecule has 0 radical (unpaired) electrons. The second-order valence-corrected chi connectivity index (χ2v) is 6.17. The number of carbonyl (C=O) groups is 2. The molecule has 4 nitrogen and oxygen atoms in total. The number of carbonyl (C=O) groups excluding carboxylic acids is 2. The lowest BCUT2D eigenvalue weighted by Crippen LogP contribution is -2.30. The van der Waals surface area contributed by atoms with Gasteiger partial charge in [-0.3, -0.25) is 9.59 Å². The zero-order valence-electron chi connectivity index (χ0n) is 14.4. The fraction of sp³-hybridized carbons (Fsp3) is 0.300. The number of hydrogen-bond donors (Lipinski definition) is 2. The molecule has 2 rings (SSSR count). The van der Waals surface area contributed by atoms with Crippen LogP contribution in [0, 0.1) is 0 Å². The zero-order chi connectivity index (χ0) is 17.5. The average molecular weight is 324 g/mol. The van der Waals surface area contributed by atoms with E-state index in [-0.39, 0.29) is 24.3 Å². The minimum atomic E-state index is -0.305. The molecule has 0 spiro atoms. The van der Waals surface area contributed by atoms with Crippen LogP contribution in [0.1, 0.15) is 50.3 Å². The van der Waals surface area contributed by atoms with Crippen molar-refractivity contribution in [2.75, 3.05) is 5.32 Å². The third kappa shape index (κ3) is 4.95. The minimum absolute atomic E-state index is 0.130. The normalized spacial score (nSPS) is 11.8. The lowest BCUT2D eigenvalue weighted by Gasteiger charge is -2.15. The van der Waals surface area contributed by atoms with Crippen LogP contribution in [0.25, 0.3) is 0 Å². The van der Waals surface area contributed by atoms with Crippen molar-refractivity contribution < 1.29 is 9.59 Å². The summed E-state index contributed by atoms with van der Waals surface area (Å²) in [7, 11) is 0. The Morgan fingerprint density at radius 1 is 0.875 bits per heavy atom. The molecule has 0 bridgehead atoms. The van der Waals surface area contributed by atoms with E-state index in [0.717, 1.165) is 16.8 Å². The lowest BCUT2D eigenvalue weighted by atomic mass is 10.0. The summed E-state index contributed by atoms with van der Waals surface area (Å²) in [5.41, 5.74) is 2.83. The van der Waals surface area contributed by atoms with Crippen LogP contribution in [0.4, 0.5) is 5.69 Å². The second kappa shape index (κ2) is 8.29. The molecule has 0 saturated carbocycles. The van der Waals surface area contributed by atoms with Crippen LogP contribution < -0.4 is 10.6 Å². The number of hydrogen-bond acceptors (Lipinski definition) is 2. The van der Waals surface area contributed by atoms with Gasteiger partial charge in [-0.2, -0.15) is 0 Å². The molecule has 0 saturated heterocycles. The largest absolute Gasteiger partial charge is 0.349 e. The summed E-state index contributed by atoms with van der Waals surface area (Å²) in [4.78, 5) is 24.2. The molecule has 0 aliphatic rings. The smallest absolute Gasteiger partial charge is 0.233 e. The summed E-state index contributed by atoms with van der Waals surface area (Å²) in [5.74, 6) is -0.292. The van der Waals surface area contributed by atoms with Gasteiger partial charge in [0.25, 0.3) is 0 Å². The van der Waals surface area contributed by atoms with E-state index in [1.807, 2.05) is 61.5 Å². The summed E-state index contributed by atoms with van der Waals surface area (Å²) in [5, 5.41) is 5.69. The molecular formula is C20H24N2O2. The Labute approximate surface area is 143 Å². The van der Waals surface area contributed by atoms with Gasteiger partial charge in [-0.05, 0) is 30.0 Å². The molecule has 0 aliphatic carbocycles. The van der Waals surface area contributed by atoms with E-state index in [9.17, 15) is 9.59 Å². The molecule has 2 aromatic rings. The number of amides is 2. The van der Waals surface area contributed by atoms with Crippen molar-refractivity contribution in [3.8, 4) is 0 Å². The van der Waals surface area contributed by atoms with Crippen LogP contribution in [0.2, 0.25) is 0 Å². The Morgan fingerprint density at radius 3 is 2.17 bits per heavy atom. The first-order chi connectivity index (χ1) is 11.5. The van der Waals surface area contributed by atoms with Gasteiger partial charge in [0, 0.05) is 5.69 Å². The first-order valence-electron chi connectivity index (χ1n) is 8.20. The van der Waals surface area contributed by atoms with E-state index in [1.54, 1.807) is 0 Å². The van der Waals surface area contributed by atoms with E-state index in [1.165, 1.54) is 0 Å². The van der Waals surface area contributed by atoms with Gasteiger partial charge in [0.1, 0.15) is 6.42 Å². The average Bonchev–Trinajstić information content (AvgIpc) is 2.55. The minimum Gasteiger partial charge on any atom is -0.349 e. The van der Waals surface area contributed by atoms with Crippen LogP contribution in [0.3, 0.4) is 0 Å². The van der Waals surface area contributed by atoms with Crippen molar-refractivity contribution in [3.05, 3.63) is 65.7 Å². The second-order valence-electron chi connectivity index (χ2n) is 6.17. The Hall–Kier alpha value is -2.62. The number of nitrogens with one attached hydrogen (secondary N) is 2. The van der Waals surface area contributed by atoms with Crippen molar-refractivity contribution in [3.63, 3.8) is 0 Å². The molecule has 2 amide bonds. The van der Waals surface area contributed by atoms with Crippen LogP contribution in [0.5, 0.6) is 0 Å². The number of benzene rings is 2. The van der Waals surface area contributed by atoms with E-state index >= 15 is 0 Å². The highest BCUT2D eigenvalue weighted by Gasteiger charge is 2.15. The summed E-state index contributed by atoms with van der Waals surface area (Å²) in [6, 6.07) is 17.2. The van der Waals surface area contributed by atoms with Crippen molar-refractivity contribution >= 4 is 17.5 Å². The Bertz CT molecular complexity index is 696. The molecule has 126 valence electrons. The Balaban J connectivity index is 1.92. The van der Waals surface area contributed by atoms with E-state index in [4.69, 9.17) is 0 Å². The first kappa shape index (κ1) is 17.7. The molecule has 1 atom stereocenters. The summed E-state index contributed by atoms with van der Waals surface area (Å²) in [6.45, 7) is 6.04. The molecule has 4 heteroatoms. The molecule has 24 heavy (non-hydrogen) atoms.